The van der Waals surface area contributed by atoms with E-state index in [1.54, 1.807) is 24.3 Å². The van der Waals surface area contributed by atoms with Gasteiger partial charge in [0.05, 0.1) is 11.6 Å². The summed E-state index contributed by atoms with van der Waals surface area (Å²) in [6.07, 6.45) is 0. The highest BCUT2D eigenvalue weighted by molar-refractivity contribution is 6.31. The van der Waals surface area contributed by atoms with Gasteiger partial charge in [0.1, 0.15) is 11.5 Å². The predicted octanol–water partition coefficient (Wildman–Crippen LogP) is 4.67. The summed E-state index contributed by atoms with van der Waals surface area (Å²) in [5.74, 6) is 1.28. The van der Waals surface area contributed by atoms with Gasteiger partial charge in [-0.3, -0.25) is 0 Å². The van der Waals surface area contributed by atoms with Gasteiger partial charge in [-0.05, 0) is 49.4 Å². The standard InChI is InChI=1S/C17H17ClN2O/c1-3-20-12(2)16-8-7-15(10-17(16)18)21-14-6-4-5-13(9-14)11-19/h4-10,12,20H,3H2,1-2H3. The number of nitrogens with zero attached hydrogens (tertiary/aromatic N) is 1. The van der Waals surface area contributed by atoms with Crippen molar-refractivity contribution in [2.75, 3.05) is 6.54 Å². The summed E-state index contributed by atoms with van der Waals surface area (Å²) in [6, 6.07) is 15.0. The Hall–Kier alpha value is -2.02. The van der Waals surface area contributed by atoms with Crippen molar-refractivity contribution in [1.29, 1.82) is 5.26 Å². The average molecular weight is 301 g/mol. The minimum absolute atomic E-state index is 0.193. The predicted molar refractivity (Wildman–Crippen MR) is 84.8 cm³/mol. The minimum Gasteiger partial charge on any atom is -0.457 e. The Balaban J connectivity index is 2.18. The molecule has 0 radical (unpaired) electrons. The monoisotopic (exact) mass is 300 g/mol. The lowest BCUT2D eigenvalue weighted by Gasteiger charge is -2.15. The quantitative estimate of drug-likeness (QED) is 0.872. The van der Waals surface area contributed by atoms with Crippen LogP contribution in [0.3, 0.4) is 0 Å². The van der Waals surface area contributed by atoms with Gasteiger partial charge < -0.3 is 10.1 Å². The maximum Gasteiger partial charge on any atom is 0.128 e. The van der Waals surface area contributed by atoms with Gasteiger partial charge in [-0.2, -0.15) is 5.26 Å². The van der Waals surface area contributed by atoms with E-state index in [-0.39, 0.29) is 6.04 Å². The van der Waals surface area contributed by atoms with Gasteiger partial charge in [-0.25, -0.2) is 0 Å². The van der Waals surface area contributed by atoms with E-state index in [0.717, 1.165) is 12.1 Å². The third-order valence-corrected chi connectivity index (χ3v) is 3.47. The van der Waals surface area contributed by atoms with E-state index in [1.807, 2.05) is 18.2 Å². The first-order chi connectivity index (χ1) is 10.1. The maximum absolute atomic E-state index is 8.89. The largest absolute Gasteiger partial charge is 0.457 e. The number of nitriles is 1. The zero-order valence-electron chi connectivity index (χ0n) is 12.1. The van der Waals surface area contributed by atoms with Crippen molar-refractivity contribution in [2.45, 2.75) is 19.9 Å². The first-order valence-corrected chi connectivity index (χ1v) is 7.22. The minimum atomic E-state index is 0.193. The van der Waals surface area contributed by atoms with E-state index in [0.29, 0.717) is 22.1 Å². The van der Waals surface area contributed by atoms with Gasteiger partial charge >= 0.3 is 0 Å². The molecule has 0 fully saturated rings. The van der Waals surface area contributed by atoms with Crippen molar-refractivity contribution in [1.82, 2.24) is 5.32 Å². The molecule has 1 atom stereocenters. The summed E-state index contributed by atoms with van der Waals surface area (Å²) in [7, 11) is 0. The normalized spacial score (nSPS) is 11.7. The smallest absolute Gasteiger partial charge is 0.128 e. The molecule has 0 aliphatic heterocycles. The molecule has 2 aromatic rings. The first kappa shape index (κ1) is 15.4. The molecule has 0 amide bonds. The van der Waals surface area contributed by atoms with Crippen molar-refractivity contribution < 1.29 is 4.74 Å². The lowest BCUT2D eigenvalue weighted by molar-refractivity contribution is 0.482. The lowest BCUT2D eigenvalue weighted by Crippen LogP contribution is -2.17. The van der Waals surface area contributed by atoms with Crippen LogP contribution in [0.2, 0.25) is 5.02 Å². The third kappa shape index (κ3) is 3.98. The topological polar surface area (TPSA) is 45.0 Å². The molecule has 108 valence electrons. The summed E-state index contributed by atoms with van der Waals surface area (Å²) < 4.78 is 5.74. The number of halogens is 1. The van der Waals surface area contributed by atoms with E-state index in [2.05, 4.69) is 25.2 Å². The van der Waals surface area contributed by atoms with Gasteiger partial charge in [0.15, 0.2) is 0 Å². The molecule has 2 aromatic carbocycles. The second kappa shape index (κ2) is 7.12. The Kier molecular flexibility index (Phi) is 5.21. The Labute approximate surface area is 130 Å². The van der Waals surface area contributed by atoms with Crippen LogP contribution in [0.5, 0.6) is 11.5 Å². The summed E-state index contributed by atoms with van der Waals surface area (Å²) in [6.45, 7) is 5.02. The lowest BCUT2D eigenvalue weighted by atomic mass is 10.1. The molecule has 1 unspecified atom stereocenters. The van der Waals surface area contributed by atoms with Crippen LogP contribution in [-0.2, 0) is 0 Å². The van der Waals surface area contributed by atoms with Gasteiger partial charge in [0.2, 0.25) is 0 Å². The summed E-state index contributed by atoms with van der Waals surface area (Å²) in [5, 5.41) is 12.9. The fourth-order valence-corrected chi connectivity index (χ4v) is 2.44. The van der Waals surface area contributed by atoms with Crippen LogP contribution in [0.4, 0.5) is 0 Å². The van der Waals surface area contributed by atoms with Crippen LogP contribution in [0.15, 0.2) is 42.5 Å². The summed E-state index contributed by atoms with van der Waals surface area (Å²) in [5.41, 5.74) is 1.60. The molecule has 2 rings (SSSR count). The summed E-state index contributed by atoms with van der Waals surface area (Å²) in [4.78, 5) is 0. The van der Waals surface area contributed by atoms with Crippen LogP contribution < -0.4 is 10.1 Å². The molecule has 0 heterocycles. The third-order valence-electron chi connectivity index (χ3n) is 3.15. The molecule has 0 aliphatic carbocycles. The highest BCUT2D eigenvalue weighted by Gasteiger charge is 2.10. The molecule has 3 nitrogen and oxygen atoms in total. The van der Waals surface area contributed by atoms with Crippen LogP contribution in [-0.4, -0.2) is 6.54 Å². The molecule has 21 heavy (non-hydrogen) atoms. The van der Waals surface area contributed by atoms with Crippen LogP contribution in [0.1, 0.15) is 31.0 Å². The zero-order valence-corrected chi connectivity index (χ0v) is 12.8. The van der Waals surface area contributed by atoms with Crippen LogP contribution in [0.25, 0.3) is 0 Å². The second-order valence-electron chi connectivity index (χ2n) is 4.70. The van der Waals surface area contributed by atoms with E-state index < -0.39 is 0 Å². The number of ether oxygens (including phenoxy) is 1. The van der Waals surface area contributed by atoms with Crippen molar-refractivity contribution in [3.05, 3.63) is 58.6 Å². The molecule has 0 saturated heterocycles. The molecule has 1 N–H and O–H groups in total. The number of hydrogen-bond acceptors (Lipinski definition) is 3. The second-order valence-corrected chi connectivity index (χ2v) is 5.11. The highest BCUT2D eigenvalue weighted by Crippen LogP contribution is 2.30. The van der Waals surface area contributed by atoms with Crippen molar-refractivity contribution in [3.63, 3.8) is 0 Å². The van der Waals surface area contributed by atoms with E-state index in [4.69, 9.17) is 21.6 Å². The molecular weight excluding hydrogens is 284 g/mol. The molecule has 0 spiro atoms. The number of hydrogen-bond donors (Lipinski definition) is 1. The fourth-order valence-electron chi connectivity index (χ4n) is 2.10. The van der Waals surface area contributed by atoms with Gasteiger partial charge in [-0.1, -0.05) is 30.7 Å². The van der Waals surface area contributed by atoms with Gasteiger partial charge in [-0.15, -0.1) is 0 Å². The Morgan fingerprint density at radius 1 is 1.24 bits per heavy atom. The van der Waals surface area contributed by atoms with E-state index in [9.17, 15) is 0 Å². The van der Waals surface area contributed by atoms with E-state index in [1.165, 1.54) is 0 Å². The first-order valence-electron chi connectivity index (χ1n) is 6.85. The molecular formula is C17H17ClN2O. The van der Waals surface area contributed by atoms with Crippen molar-refractivity contribution >= 4 is 11.6 Å². The maximum atomic E-state index is 8.89. The highest BCUT2D eigenvalue weighted by atomic mass is 35.5. The average Bonchev–Trinajstić information content (AvgIpc) is 2.47. The van der Waals surface area contributed by atoms with Crippen molar-refractivity contribution in [2.24, 2.45) is 0 Å². The van der Waals surface area contributed by atoms with Crippen LogP contribution in [0, 0.1) is 11.3 Å². The van der Waals surface area contributed by atoms with Gasteiger partial charge in [0, 0.05) is 11.1 Å². The number of rotatable bonds is 5. The number of nitrogens with one attached hydrogen (secondary N) is 1. The zero-order chi connectivity index (χ0) is 15.2. The number of benzene rings is 2. The molecule has 0 saturated carbocycles. The Morgan fingerprint density at radius 3 is 2.67 bits per heavy atom. The van der Waals surface area contributed by atoms with Gasteiger partial charge in [0.25, 0.3) is 0 Å². The van der Waals surface area contributed by atoms with E-state index >= 15 is 0 Å². The Bertz CT molecular complexity index is 664. The molecule has 4 heteroatoms. The Morgan fingerprint density at radius 2 is 2.00 bits per heavy atom. The SMILES string of the molecule is CCNC(C)c1ccc(Oc2cccc(C#N)c2)cc1Cl. The molecule has 0 aliphatic rings. The van der Waals surface area contributed by atoms with Crippen LogP contribution >= 0.6 is 11.6 Å². The fraction of sp³-hybridized carbons (Fsp3) is 0.235. The molecule has 0 bridgehead atoms. The summed E-state index contributed by atoms with van der Waals surface area (Å²) >= 11 is 6.31. The van der Waals surface area contributed by atoms with Crippen molar-refractivity contribution in [3.8, 4) is 17.6 Å². The molecule has 0 aromatic heterocycles.